The zero-order chi connectivity index (χ0) is 110. The molecule has 1 N–H and O–H groups in total. The van der Waals surface area contributed by atoms with Crippen molar-refractivity contribution in [3.8, 4) is 0 Å². The lowest BCUT2D eigenvalue weighted by molar-refractivity contribution is -0.139. The highest BCUT2D eigenvalue weighted by Gasteiger charge is 2.59. The molecule has 64 heteroatoms. The fourth-order valence-corrected chi connectivity index (χ4v) is 181. The molecule has 0 atom stereocenters. The van der Waals surface area contributed by atoms with Crippen LogP contribution in [0.5, 0.6) is 0 Å². The lowest BCUT2D eigenvalue weighted by atomic mass is 10.3. The number of carbonyl (C=O) groups excluding carboxylic acids is 1. The van der Waals surface area contributed by atoms with Gasteiger partial charge in [-0.05, 0) is 438 Å². The number of carbonyl (C=O) groups is 1. The number of hydrogen-bond acceptors (Lipinski definition) is 33. The third-order valence-electron chi connectivity index (χ3n) is 17.4. The van der Waals surface area contributed by atoms with Crippen molar-refractivity contribution >= 4 is 271 Å². The molecule has 0 bridgehead atoms. The molecular weight excluding hydrogens is 2270 g/mol. The molecule has 0 saturated carbocycles. The van der Waals surface area contributed by atoms with Crippen LogP contribution in [0.4, 0.5) is 0 Å². The second kappa shape index (κ2) is 49.8. The second-order valence-corrected chi connectivity index (χ2v) is 163. The first kappa shape index (κ1) is 142. The predicted molar refractivity (Wildman–Crippen MR) is 633 cm³/mol. The minimum Gasteiger partial charge on any atom is -0.462 e. The van der Waals surface area contributed by atoms with Crippen LogP contribution in [0.15, 0.2) is 12.2 Å². The van der Waals surface area contributed by atoms with Gasteiger partial charge in [-0.25, -0.2) is 4.79 Å². The summed E-state index contributed by atoms with van der Waals surface area (Å²) < 4.78 is 215. The predicted octanol–water partition coefficient (Wildman–Crippen LogP) is 24.6. The van der Waals surface area contributed by atoms with Gasteiger partial charge in [-0.1, -0.05) is 19.9 Å². The Morgan fingerprint density at radius 3 is 0.423 bits per heavy atom. The van der Waals surface area contributed by atoms with Crippen LogP contribution in [0, 0.1) is 0 Å². The van der Waals surface area contributed by atoms with E-state index in [1.54, 1.807) is 6.92 Å². The Hall–Kier alpha value is 4.69. The monoisotopic (exact) mass is 2480 g/mol. The fraction of sp³-hybridized carbons (Fsp3) is 0.959. The molecule has 0 aromatic carbocycles. The third-order valence-corrected chi connectivity index (χ3v) is 138. The Balaban J connectivity index is 5.96. The molecule has 33 nitrogen and oxygen atoms in total. The normalized spacial score (nSPS) is 15.9. The van der Waals surface area contributed by atoms with Crippen molar-refractivity contribution in [2.45, 2.75) is 445 Å². The summed E-state index contributed by atoms with van der Waals surface area (Å²) in [6.45, 7) is 137. The molecule has 0 aliphatic carbocycles. The van der Waals surface area contributed by atoms with Gasteiger partial charge < -0.3 is 133 Å². The molecule has 0 aromatic rings. The van der Waals surface area contributed by atoms with Crippen LogP contribution in [0.1, 0.15) is 33.1 Å². The highest BCUT2D eigenvalue weighted by atomic mass is 28.6. The van der Waals surface area contributed by atoms with Crippen molar-refractivity contribution in [1.82, 2.24) is 4.98 Å². The van der Waals surface area contributed by atoms with Crippen LogP contribution in [-0.2, 0) is 133 Å². The molecule has 0 fully saturated rings. The Kier molecular flexibility index (Phi) is 51.6. The Morgan fingerprint density at radius 1 is 0.190 bits per heavy atom. The van der Waals surface area contributed by atoms with Gasteiger partial charge in [0, 0.05) is 5.57 Å². The Morgan fingerprint density at radius 2 is 0.307 bits per heavy atom. The summed E-state index contributed by atoms with van der Waals surface area (Å²) in [7, 11) is -87.9. The van der Waals surface area contributed by atoms with Gasteiger partial charge in [0.15, 0.2) is 8.32 Å². The first-order valence-electron chi connectivity index (χ1n) is 48.7. The molecule has 0 rings (SSSR count). The number of unbranched alkanes of at least 4 members (excludes halogenated alkanes) is 1. The summed E-state index contributed by atoms with van der Waals surface area (Å²) in [4.78, 5) is 15.6. The average molecular weight is 2480 g/mol. The molecular formula is C73H207NO32Si31. The van der Waals surface area contributed by atoms with Gasteiger partial charge in [-0.15, -0.1) is 0 Å². The van der Waals surface area contributed by atoms with E-state index in [4.69, 9.17) is 128 Å². The number of hydrogen-bond donors (Lipinski definition) is 1. The van der Waals surface area contributed by atoms with Gasteiger partial charge >= 0.3 is 254 Å². The zero-order valence-corrected chi connectivity index (χ0v) is 130. The van der Waals surface area contributed by atoms with Gasteiger partial charge in [0.1, 0.15) is 0 Å². The first-order valence-corrected chi connectivity index (χ1v) is 136. The number of rotatable bonds is 69. The van der Waals surface area contributed by atoms with E-state index in [9.17, 15) is 4.79 Å². The summed E-state index contributed by atoms with van der Waals surface area (Å²) in [5.41, 5.74) is 0.390. The maximum absolute atomic E-state index is 11.9. The maximum atomic E-state index is 11.9. The van der Waals surface area contributed by atoms with Gasteiger partial charge in [0.05, 0.1) is 6.61 Å². The van der Waals surface area contributed by atoms with Crippen molar-refractivity contribution < 1.29 is 133 Å². The van der Waals surface area contributed by atoms with Crippen LogP contribution in [0.25, 0.3) is 0 Å². The molecule has 820 valence electrons. The van der Waals surface area contributed by atoms with Gasteiger partial charge in [-0.2, -0.15) is 0 Å². The minimum absolute atomic E-state index is 0.326. The lowest BCUT2D eigenvalue weighted by Crippen LogP contribution is -2.63. The van der Waals surface area contributed by atoms with Crippen LogP contribution in [0.2, 0.25) is 412 Å². The average Bonchev–Trinajstić information content (AvgIpc) is 0.785. The Bertz CT molecular complexity index is 3620. The smallest absolute Gasteiger partial charge is 0.333 e. The number of esters is 1. The molecule has 0 unspecified atom stereocenters. The molecule has 0 saturated heterocycles. The van der Waals surface area contributed by atoms with Crippen molar-refractivity contribution in [2.24, 2.45) is 0 Å². The lowest BCUT2D eigenvalue weighted by Gasteiger charge is -2.45. The van der Waals surface area contributed by atoms with Crippen molar-refractivity contribution in [1.29, 1.82) is 0 Å². The molecule has 0 aromatic heterocycles. The van der Waals surface area contributed by atoms with E-state index in [1.165, 1.54) is 0 Å². The van der Waals surface area contributed by atoms with E-state index in [1.807, 2.05) is 131 Å². The topological polar surface area (TPSA) is 315 Å². The van der Waals surface area contributed by atoms with Crippen LogP contribution in [0.3, 0.4) is 0 Å². The maximum Gasteiger partial charge on any atom is 0.333 e. The van der Waals surface area contributed by atoms with Crippen LogP contribution >= 0.6 is 0 Å². The fourth-order valence-electron chi connectivity index (χ4n) is 19.9. The largest absolute Gasteiger partial charge is 0.462 e. The van der Waals surface area contributed by atoms with Crippen molar-refractivity contribution in [3.63, 3.8) is 0 Å². The molecule has 0 heterocycles. The summed E-state index contributed by atoms with van der Waals surface area (Å²) in [5, 5.41) is 0. The summed E-state index contributed by atoms with van der Waals surface area (Å²) in [6.07, 6.45) is 2.95. The summed E-state index contributed by atoms with van der Waals surface area (Å²) in [5.74, 6) is -0.374. The van der Waals surface area contributed by atoms with Gasteiger partial charge in [0.2, 0.25) is 0 Å². The highest BCUT2D eigenvalue weighted by molar-refractivity contribution is 6.99. The molecule has 137 heavy (non-hydrogen) atoms. The van der Waals surface area contributed by atoms with E-state index in [0.717, 1.165) is 25.4 Å². The first-order chi connectivity index (χ1) is 59.1. The van der Waals surface area contributed by atoms with E-state index < -0.39 is 265 Å². The number of ether oxygens (including phenoxy) is 1. The second-order valence-electron chi connectivity index (χ2n) is 50.2. The van der Waals surface area contributed by atoms with Crippen molar-refractivity contribution in [3.05, 3.63) is 12.2 Å². The van der Waals surface area contributed by atoms with Gasteiger partial charge in [-0.3, -0.25) is 0 Å². The summed E-state index contributed by atoms with van der Waals surface area (Å²) in [6, 6.07) is 0.817. The van der Waals surface area contributed by atoms with Gasteiger partial charge in [0.25, 0.3) is 8.48 Å². The Labute approximate surface area is 871 Å². The van der Waals surface area contributed by atoms with Crippen molar-refractivity contribution in [2.75, 3.05) is 13.2 Å². The molecule has 0 radical (unpaired) electrons. The number of nitrogens with one attached hydrogen (secondary N) is 1. The summed E-state index contributed by atoms with van der Waals surface area (Å²) >= 11 is 0. The molecule has 0 aliphatic heterocycles. The molecule has 0 aliphatic rings. The van der Waals surface area contributed by atoms with Crippen LogP contribution in [-0.4, -0.2) is 284 Å². The van der Waals surface area contributed by atoms with Crippen LogP contribution < -0.4 is 4.98 Å². The highest BCUT2D eigenvalue weighted by Crippen LogP contribution is 2.39. The zero-order valence-electron chi connectivity index (χ0n) is 99.0. The minimum atomic E-state index is -2.96. The quantitative estimate of drug-likeness (QED) is 0.0256. The SMILES string of the molecule is C=C(C)C(=O)OCCC[Si](C)(C)O[Si](C)(C)O[Si](C)(C)O[Si](C)(C)O[Si](C)(C)O[Si](C)(C)O[Si](C)(C)O[Si](C)(C)O[Si](C)(C)O[Si](C)(C)O[Si](C)(C)O[Si](C)(C)O[Si](C)(C)O[Si](C)(C)O[Si](C)(C)O[Si](C)(C)O[Si](C)(C)O[Si](C)(C)O[Si](C)(C)O[Si](C)(C)O[Si](C)(C)O[Si](C)(C)O[Si](C)(C)O[Si](C)(C)O[Si](C)(C)O[Si](C)(C)O[Si](C)(C)O[Si](C)(C)O[Si](C)(C)O[Si](C)(C)O[Si](C)(C)NCCCC. The van der Waals surface area contributed by atoms with E-state index in [-0.39, 0.29) is 5.97 Å². The third kappa shape index (κ3) is 65.9. The van der Waals surface area contributed by atoms with E-state index in [0.29, 0.717) is 18.6 Å². The van der Waals surface area contributed by atoms with E-state index >= 15 is 0 Å². The van der Waals surface area contributed by atoms with E-state index in [2.05, 4.69) is 293 Å². The molecule has 0 amide bonds. The molecule has 0 spiro atoms. The standard InChI is InChI=1S/C73H207NO32Si31/c1-66-67-69-74-108(6,7)78-110(10,11)80-112(14,15)82-114(18,19)84-116(22,23)86-118(26,27)88-120(30,31)90-122(34,35)92-124(38,39)94-126(42,43)96-128(46,47)98-130(50,51)100-132(54,55)102-134(58,59)104-136(62,63)106-137(64,65)105-135(60,61)103-133(56,57)101-131(52,53)99-129(48,49)97-127(44,45)95-125(40,41)93-123(36,37)91-121(32,33)89-119(28,29)87-117(24,25)85-115(20,21)83-113(16,17)81-111(12,13)79-109(8,9)77-107(4,5)71-68-70-76-73(75)72(2)3/h74H,2,66-71H2,1,3-65H3.